The second kappa shape index (κ2) is 12.8. The Morgan fingerprint density at radius 3 is 2.54 bits per heavy atom. The van der Waals surface area contributed by atoms with Crippen LogP contribution in [0.1, 0.15) is 16.2 Å². The van der Waals surface area contributed by atoms with Crippen LogP contribution in [0.4, 0.5) is 5.13 Å². The molecule has 0 aliphatic carbocycles. The molecule has 0 spiro atoms. The smallest absolute Gasteiger partial charge is 0.251 e. The van der Waals surface area contributed by atoms with Gasteiger partial charge in [0.25, 0.3) is 5.91 Å². The molecule has 5 aromatic rings. The third-order valence-corrected chi connectivity index (χ3v) is 8.41. The highest BCUT2D eigenvalue weighted by molar-refractivity contribution is 7.99. The first-order valence-electron chi connectivity index (χ1n) is 12.0. The maximum absolute atomic E-state index is 12.9. The SMILES string of the molecule is COc1ccc(C(=O)NCc2nnc(SCC(=O)Nc3nc4ccccc4s3)n2-c2ccc(Cl)c(Cl)c2)cc1OC. The number of hydrogen-bond donors (Lipinski definition) is 2. The molecular formula is C27H22Cl2N6O4S2. The zero-order valence-corrected chi connectivity index (χ0v) is 24.8. The number of ether oxygens (including phenoxy) is 2. The summed E-state index contributed by atoms with van der Waals surface area (Å²) in [6, 6.07) is 17.6. The van der Waals surface area contributed by atoms with E-state index in [1.807, 2.05) is 24.3 Å². The van der Waals surface area contributed by atoms with Crippen molar-refractivity contribution in [3.63, 3.8) is 0 Å². The second-order valence-corrected chi connectivity index (χ2v) is 11.2. The molecule has 2 aromatic heterocycles. The number of methoxy groups -OCH3 is 2. The number of nitrogens with zero attached hydrogens (tertiary/aromatic N) is 4. The van der Waals surface area contributed by atoms with Crippen LogP contribution in [0.15, 0.2) is 65.8 Å². The summed E-state index contributed by atoms with van der Waals surface area (Å²) >= 11 is 15.0. The first-order chi connectivity index (χ1) is 19.9. The Hall–Kier alpha value is -3.84. The Balaban J connectivity index is 1.33. The predicted molar refractivity (Wildman–Crippen MR) is 161 cm³/mol. The molecule has 0 radical (unpaired) electrons. The van der Waals surface area contributed by atoms with Gasteiger partial charge in [-0.3, -0.25) is 14.2 Å². The Bertz CT molecular complexity index is 1710. The number of nitrogens with one attached hydrogen (secondary N) is 2. The number of thiazole rings is 1. The topological polar surface area (TPSA) is 120 Å². The van der Waals surface area contributed by atoms with Crippen molar-refractivity contribution in [1.82, 2.24) is 25.1 Å². The van der Waals surface area contributed by atoms with Gasteiger partial charge in [0.1, 0.15) is 0 Å². The normalized spacial score (nSPS) is 10.9. The molecule has 0 aliphatic rings. The van der Waals surface area contributed by atoms with Gasteiger partial charge in [0.2, 0.25) is 5.91 Å². The molecule has 2 amide bonds. The molecule has 0 saturated heterocycles. The number of carbonyl (C=O) groups is 2. The molecule has 0 bridgehead atoms. The first-order valence-corrected chi connectivity index (χ1v) is 14.6. The maximum Gasteiger partial charge on any atom is 0.251 e. The van der Waals surface area contributed by atoms with Gasteiger partial charge in [0.15, 0.2) is 27.6 Å². The van der Waals surface area contributed by atoms with Crippen LogP contribution in [0.25, 0.3) is 15.9 Å². The van der Waals surface area contributed by atoms with Crippen LogP contribution >= 0.6 is 46.3 Å². The average molecular weight is 630 g/mol. The number of hydrogen-bond acceptors (Lipinski definition) is 9. The Labute approximate surface area is 253 Å². The molecule has 0 aliphatic heterocycles. The number of rotatable bonds is 10. The van der Waals surface area contributed by atoms with Gasteiger partial charge in [-0.05, 0) is 48.5 Å². The van der Waals surface area contributed by atoms with Gasteiger partial charge in [0, 0.05) is 5.56 Å². The number of halogens is 2. The number of benzene rings is 3. The Kier molecular flexibility index (Phi) is 8.93. The number of carbonyl (C=O) groups excluding carboxylic acids is 2. The van der Waals surface area contributed by atoms with Crippen LogP contribution in [0, 0.1) is 0 Å². The van der Waals surface area contributed by atoms with Crippen molar-refractivity contribution >= 4 is 73.5 Å². The van der Waals surface area contributed by atoms with Gasteiger partial charge in [-0.1, -0.05) is 58.4 Å². The zero-order chi connectivity index (χ0) is 28.9. The lowest BCUT2D eigenvalue weighted by molar-refractivity contribution is -0.113. The van der Waals surface area contributed by atoms with E-state index in [4.69, 9.17) is 32.7 Å². The quantitative estimate of drug-likeness (QED) is 0.184. The van der Waals surface area contributed by atoms with E-state index in [0.717, 1.165) is 10.2 Å². The Morgan fingerprint density at radius 2 is 1.78 bits per heavy atom. The van der Waals surface area contributed by atoms with E-state index in [0.29, 0.717) is 48.9 Å². The molecule has 0 unspecified atom stereocenters. The van der Waals surface area contributed by atoms with Crippen molar-refractivity contribution < 1.29 is 19.1 Å². The van der Waals surface area contributed by atoms with Crippen molar-refractivity contribution in [2.24, 2.45) is 0 Å². The number of thioether (sulfide) groups is 1. The summed E-state index contributed by atoms with van der Waals surface area (Å²) in [6.45, 7) is 0.0406. The van der Waals surface area contributed by atoms with Crippen molar-refractivity contribution in [3.05, 3.63) is 82.1 Å². The van der Waals surface area contributed by atoms with E-state index in [9.17, 15) is 9.59 Å². The molecule has 41 heavy (non-hydrogen) atoms. The molecule has 2 N–H and O–H groups in total. The molecule has 0 saturated carbocycles. The fourth-order valence-corrected chi connectivity index (χ4v) is 5.79. The highest BCUT2D eigenvalue weighted by atomic mass is 35.5. The van der Waals surface area contributed by atoms with Crippen LogP contribution in [-0.2, 0) is 11.3 Å². The van der Waals surface area contributed by atoms with Crippen LogP contribution in [-0.4, -0.2) is 51.5 Å². The Morgan fingerprint density at radius 1 is 0.976 bits per heavy atom. The molecule has 3 aromatic carbocycles. The first kappa shape index (κ1) is 28.7. The highest BCUT2D eigenvalue weighted by Crippen LogP contribution is 2.30. The van der Waals surface area contributed by atoms with Gasteiger partial charge in [-0.25, -0.2) is 4.98 Å². The summed E-state index contributed by atoms with van der Waals surface area (Å²) in [5, 5.41) is 15.9. The summed E-state index contributed by atoms with van der Waals surface area (Å²) < 4.78 is 13.2. The molecule has 0 fully saturated rings. The summed E-state index contributed by atoms with van der Waals surface area (Å²) in [5.41, 5.74) is 1.82. The monoisotopic (exact) mass is 628 g/mol. The van der Waals surface area contributed by atoms with E-state index in [1.54, 1.807) is 41.0 Å². The summed E-state index contributed by atoms with van der Waals surface area (Å²) in [4.78, 5) is 30.1. The lowest BCUT2D eigenvalue weighted by atomic mass is 10.2. The van der Waals surface area contributed by atoms with E-state index in [-0.39, 0.29) is 24.1 Å². The summed E-state index contributed by atoms with van der Waals surface area (Å²) in [5.74, 6) is 0.818. The molecule has 2 heterocycles. The summed E-state index contributed by atoms with van der Waals surface area (Å²) in [7, 11) is 3.02. The third-order valence-electron chi connectivity index (χ3n) is 5.79. The number of para-hydroxylation sites is 1. The molecular weight excluding hydrogens is 607 g/mol. The van der Waals surface area contributed by atoms with E-state index >= 15 is 0 Å². The van der Waals surface area contributed by atoms with Gasteiger partial charge in [0.05, 0.1) is 52.5 Å². The van der Waals surface area contributed by atoms with E-state index in [2.05, 4.69) is 25.8 Å². The zero-order valence-electron chi connectivity index (χ0n) is 21.7. The molecule has 0 atom stereocenters. The fourth-order valence-electron chi connectivity index (χ4n) is 3.84. The number of aromatic nitrogens is 4. The highest BCUT2D eigenvalue weighted by Gasteiger charge is 2.19. The van der Waals surface area contributed by atoms with Gasteiger partial charge < -0.3 is 20.1 Å². The summed E-state index contributed by atoms with van der Waals surface area (Å²) in [6.07, 6.45) is 0. The lowest BCUT2D eigenvalue weighted by Crippen LogP contribution is -2.24. The van der Waals surface area contributed by atoms with Crippen LogP contribution in [0.2, 0.25) is 10.0 Å². The van der Waals surface area contributed by atoms with Crippen molar-refractivity contribution in [1.29, 1.82) is 0 Å². The standard InChI is InChI=1S/C27H22Cl2N6O4S2/c1-38-20-10-7-15(11-21(20)39-2)25(37)30-13-23-33-34-27(35(23)16-8-9-17(28)18(29)12-16)40-14-24(36)32-26-31-19-5-3-4-6-22(19)41-26/h3-12H,13-14H2,1-2H3,(H,30,37)(H,31,32,36). The molecule has 210 valence electrons. The van der Waals surface area contributed by atoms with Crippen LogP contribution in [0.3, 0.4) is 0 Å². The minimum absolute atomic E-state index is 0.0406. The molecule has 14 heteroatoms. The van der Waals surface area contributed by atoms with Crippen LogP contribution < -0.4 is 20.1 Å². The second-order valence-electron chi connectivity index (χ2n) is 8.41. The van der Waals surface area contributed by atoms with Gasteiger partial charge in [-0.15, -0.1) is 10.2 Å². The van der Waals surface area contributed by atoms with E-state index < -0.39 is 0 Å². The minimum atomic E-state index is -0.348. The third kappa shape index (κ3) is 6.57. The fraction of sp³-hybridized carbons (Fsp3) is 0.148. The average Bonchev–Trinajstić information content (AvgIpc) is 3.59. The van der Waals surface area contributed by atoms with Crippen molar-refractivity contribution in [2.45, 2.75) is 11.7 Å². The van der Waals surface area contributed by atoms with Gasteiger partial charge in [-0.2, -0.15) is 0 Å². The van der Waals surface area contributed by atoms with E-state index in [1.165, 1.54) is 37.3 Å². The molecule has 10 nitrogen and oxygen atoms in total. The molecule has 5 rings (SSSR count). The minimum Gasteiger partial charge on any atom is -0.493 e. The number of anilines is 1. The largest absolute Gasteiger partial charge is 0.493 e. The van der Waals surface area contributed by atoms with Crippen molar-refractivity contribution in [2.75, 3.05) is 25.3 Å². The maximum atomic E-state index is 12.9. The number of fused-ring (bicyclic) bond motifs is 1. The number of amides is 2. The van der Waals surface area contributed by atoms with Crippen LogP contribution in [0.5, 0.6) is 11.5 Å². The van der Waals surface area contributed by atoms with Crippen molar-refractivity contribution in [3.8, 4) is 17.2 Å². The van der Waals surface area contributed by atoms with Gasteiger partial charge >= 0.3 is 0 Å². The predicted octanol–water partition coefficient (Wildman–Crippen LogP) is 5.86. The lowest BCUT2D eigenvalue weighted by Gasteiger charge is -2.12.